The molecule has 0 aromatic carbocycles. The molecule has 2 heterocycles. The fourth-order valence-electron chi connectivity index (χ4n) is 3.80. The molecule has 1 aromatic heterocycles. The number of nitrogens with zero attached hydrogens (tertiary/aromatic N) is 3. The fourth-order valence-corrected chi connectivity index (χ4v) is 3.80. The van der Waals surface area contributed by atoms with E-state index in [0.717, 1.165) is 11.3 Å². The quantitative estimate of drug-likeness (QED) is 0.414. The lowest BCUT2D eigenvalue weighted by Gasteiger charge is -2.23. The lowest BCUT2D eigenvalue weighted by atomic mass is 9.85. The number of aromatic nitrogens is 2. The predicted molar refractivity (Wildman–Crippen MR) is 108 cm³/mol. The predicted octanol–water partition coefficient (Wildman–Crippen LogP) is 2.06. The van der Waals surface area contributed by atoms with Crippen LogP contribution in [0, 0.1) is 11.8 Å². The van der Waals surface area contributed by atoms with Gasteiger partial charge in [0.05, 0.1) is 24.1 Å². The van der Waals surface area contributed by atoms with Crippen molar-refractivity contribution in [2.75, 3.05) is 5.32 Å². The van der Waals surface area contributed by atoms with Gasteiger partial charge in [-0.25, -0.2) is 9.48 Å². The van der Waals surface area contributed by atoms with Gasteiger partial charge in [-0.1, -0.05) is 19.1 Å². The third-order valence-corrected chi connectivity index (χ3v) is 5.86. The van der Waals surface area contributed by atoms with Gasteiger partial charge in [0.2, 0.25) is 11.8 Å². The van der Waals surface area contributed by atoms with Gasteiger partial charge in [-0.2, -0.15) is 5.10 Å². The summed E-state index contributed by atoms with van der Waals surface area (Å²) in [5.41, 5.74) is 0. The molecule has 0 spiro atoms. The first-order valence-corrected chi connectivity index (χ1v) is 10.3. The molecule has 162 valence electrons. The number of imide groups is 1. The SMILES string of the molecule is CC[C@H](C)n1nccc1NC(=O)[C@H](C)OC(=O)[C@H](C)N1C(=O)[C@@H]2CC=CC[C@H]2C1=O. The Hall–Kier alpha value is -2.97. The molecule has 1 aliphatic carbocycles. The first-order chi connectivity index (χ1) is 14.3. The van der Waals surface area contributed by atoms with Crippen LogP contribution in [0.25, 0.3) is 0 Å². The van der Waals surface area contributed by atoms with E-state index >= 15 is 0 Å². The summed E-state index contributed by atoms with van der Waals surface area (Å²) in [4.78, 5) is 51.3. The topological polar surface area (TPSA) is 111 Å². The van der Waals surface area contributed by atoms with Crippen molar-refractivity contribution in [3.8, 4) is 0 Å². The Kier molecular flexibility index (Phi) is 6.38. The first-order valence-electron chi connectivity index (χ1n) is 10.3. The molecule has 30 heavy (non-hydrogen) atoms. The van der Waals surface area contributed by atoms with E-state index in [1.54, 1.807) is 16.9 Å². The second-order valence-electron chi connectivity index (χ2n) is 7.86. The highest BCUT2D eigenvalue weighted by Gasteiger charge is 2.50. The monoisotopic (exact) mass is 416 g/mol. The van der Waals surface area contributed by atoms with Crippen molar-refractivity contribution < 1.29 is 23.9 Å². The molecule has 0 radical (unpaired) electrons. The minimum atomic E-state index is -1.10. The lowest BCUT2D eigenvalue weighted by molar-refractivity contribution is -0.163. The number of carbonyl (C=O) groups is 4. The summed E-state index contributed by atoms with van der Waals surface area (Å²) >= 11 is 0. The number of anilines is 1. The third kappa shape index (κ3) is 4.01. The zero-order valence-electron chi connectivity index (χ0n) is 17.7. The number of allylic oxidation sites excluding steroid dienone is 2. The Balaban J connectivity index is 1.61. The van der Waals surface area contributed by atoms with E-state index in [-0.39, 0.29) is 17.9 Å². The highest BCUT2D eigenvalue weighted by molar-refractivity contribution is 6.08. The fraction of sp³-hybridized carbons (Fsp3) is 0.571. The summed E-state index contributed by atoms with van der Waals surface area (Å²) in [5.74, 6) is -2.34. The van der Waals surface area contributed by atoms with E-state index in [1.165, 1.54) is 13.8 Å². The lowest BCUT2D eigenvalue weighted by Crippen LogP contribution is -2.46. The summed E-state index contributed by atoms with van der Waals surface area (Å²) in [7, 11) is 0. The van der Waals surface area contributed by atoms with Gasteiger partial charge in [0.1, 0.15) is 11.9 Å². The average Bonchev–Trinajstić information content (AvgIpc) is 3.29. The summed E-state index contributed by atoms with van der Waals surface area (Å²) in [6, 6.07) is 0.674. The molecule has 2 aliphatic rings. The van der Waals surface area contributed by atoms with Crippen LogP contribution < -0.4 is 5.32 Å². The number of nitrogens with one attached hydrogen (secondary N) is 1. The molecule has 1 aliphatic heterocycles. The van der Waals surface area contributed by atoms with Gasteiger partial charge < -0.3 is 10.1 Å². The van der Waals surface area contributed by atoms with E-state index < -0.39 is 35.9 Å². The van der Waals surface area contributed by atoms with E-state index in [0.29, 0.717) is 18.7 Å². The molecule has 3 rings (SSSR count). The van der Waals surface area contributed by atoms with Crippen molar-refractivity contribution in [1.29, 1.82) is 0 Å². The summed E-state index contributed by atoms with van der Waals surface area (Å²) < 4.78 is 6.96. The van der Waals surface area contributed by atoms with E-state index in [9.17, 15) is 19.2 Å². The minimum Gasteiger partial charge on any atom is -0.451 e. The number of amides is 3. The molecular formula is C21H28N4O5. The molecule has 9 nitrogen and oxygen atoms in total. The Morgan fingerprint density at radius 2 is 1.77 bits per heavy atom. The number of esters is 1. The molecule has 0 unspecified atom stereocenters. The van der Waals surface area contributed by atoms with Gasteiger partial charge in [-0.15, -0.1) is 0 Å². The number of likely N-dealkylation sites (tertiary alicyclic amines) is 1. The molecule has 9 heteroatoms. The molecule has 0 bridgehead atoms. The highest BCUT2D eigenvalue weighted by atomic mass is 16.5. The van der Waals surface area contributed by atoms with Crippen LogP contribution >= 0.6 is 0 Å². The second-order valence-corrected chi connectivity index (χ2v) is 7.86. The van der Waals surface area contributed by atoms with Crippen LogP contribution in [-0.4, -0.2) is 50.5 Å². The van der Waals surface area contributed by atoms with E-state index in [2.05, 4.69) is 10.4 Å². The second kappa shape index (κ2) is 8.81. The maximum atomic E-state index is 12.6. The summed E-state index contributed by atoms with van der Waals surface area (Å²) in [6.45, 7) is 6.88. The minimum absolute atomic E-state index is 0.0957. The van der Waals surface area contributed by atoms with Gasteiger partial charge >= 0.3 is 5.97 Å². The molecule has 5 atom stereocenters. The van der Waals surface area contributed by atoms with Crippen molar-refractivity contribution in [2.45, 2.75) is 65.1 Å². The van der Waals surface area contributed by atoms with Crippen LogP contribution in [0.3, 0.4) is 0 Å². The maximum Gasteiger partial charge on any atom is 0.329 e. The maximum absolute atomic E-state index is 12.6. The van der Waals surface area contributed by atoms with Crippen LogP contribution in [0.2, 0.25) is 0 Å². The molecule has 3 amide bonds. The van der Waals surface area contributed by atoms with Crippen LogP contribution in [0.15, 0.2) is 24.4 Å². The average molecular weight is 416 g/mol. The molecule has 1 N–H and O–H groups in total. The van der Waals surface area contributed by atoms with Gasteiger partial charge in [0.15, 0.2) is 6.10 Å². The van der Waals surface area contributed by atoms with Crippen LogP contribution in [-0.2, 0) is 23.9 Å². The Labute approximate surface area is 175 Å². The van der Waals surface area contributed by atoms with Crippen molar-refractivity contribution in [3.63, 3.8) is 0 Å². The number of fused-ring (bicyclic) bond motifs is 1. The van der Waals surface area contributed by atoms with Crippen molar-refractivity contribution >= 4 is 29.5 Å². The largest absolute Gasteiger partial charge is 0.451 e. The van der Waals surface area contributed by atoms with E-state index in [1.807, 2.05) is 26.0 Å². The Bertz CT molecular complexity index is 851. The smallest absolute Gasteiger partial charge is 0.329 e. The first kappa shape index (κ1) is 21.7. The van der Waals surface area contributed by atoms with Gasteiger partial charge in [0, 0.05) is 6.07 Å². The number of hydrogen-bond donors (Lipinski definition) is 1. The zero-order chi connectivity index (χ0) is 22.0. The van der Waals surface area contributed by atoms with E-state index in [4.69, 9.17) is 4.74 Å². The third-order valence-electron chi connectivity index (χ3n) is 5.86. The number of rotatable bonds is 7. The summed E-state index contributed by atoms with van der Waals surface area (Å²) in [5, 5.41) is 6.91. The zero-order valence-corrected chi connectivity index (χ0v) is 17.7. The molecule has 1 saturated heterocycles. The Morgan fingerprint density at radius 3 is 2.33 bits per heavy atom. The van der Waals surface area contributed by atoms with Gasteiger partial charge in [-0.05, 0) is 40.0 Å². The summed E-state index contributed by atoms with van der Waals surface area (Å²) in [6.07, 6.45) is 6.08. The number of hydrogen-bond acceptors (Lipinski definition) is 6. The van der Waals surface area contributed by atoms with Crippen LogP contribution in [0.1, 0.15) is 53.0 Å². The molecule has 0 saturated carbocycles. The van der Waals surface area contributed by atoms with Gasteiger partial charge in [0.25, 0.3) is 5.91 Å². The van der Waals surface area contributed by atoms with Gasteiger partial charge in [-0.3, -0.25) is 19.3 Å². The highest BCUT2D eigenvalue weighted by Crippen LogP contribution is 2.36. The molecular weight excluding hydrogens is 388 g/mol. The van der Waals surface area contributed by atoms with Crippen molar-refractivity contribution in [1.82, 2.24) is 14.7 Å². The number of ether oxygens (including phenoxy) is 1. The normalized spacial score (nSPS) is 23.7. The Morgan fingerprint density at radius 1 is 1.17 bits per heavy atom. The standard InChI is InChI=1S/C21H28N4O5/c1-5-12(2)25-17(10-11-22-25)23-18(26)14(4)30-21(29)13(3)24-19(27)15-8-6-7-9-16(15)20(24)28/h6-7,10-16H,5,8-9H2,1-4H3,(H,23,26)/t12-,13-,14-,15+,16+/m0/s1. The van der Waals surface area contributed by atoms with Crippen LogP contribution in [0.4, 0.5) is 5.82 Å². The van der Waals surface area contributed by atoms with Crippen molar-refractivity contribution in [3.05, 3.63) is 24.4 Å². The number of carbonyl (C=O) groups excluding carboxylic acids is 4. The van der Waals surface area contributed by atoms with Crippen LogP contribution in [0.5, 0.6) is 0 Å². The molecule has 1 aromatic rings. The molecule has 1 fully saturated rings. The van der Waals surface area contributed by atoms with Crippen molar-refractivity contribution in [2.24, 2.45) is 11.8 Å².